The first-order valence-electron chi connectivity index (χ1n) is 6.97. The van der Waals surface area contributed by atoms with Crippen molar-refractivity contribution in [2.75, 3.05) is 5.88 Å². The Bertz CT molecular complexity index is 691. The number of rotatable bonds is 5. The predicted octanol–water partition coefficient (Wildman–Crippen LogP) is 3.78. The predicted molar refractivity (Wildman–Crippen MR) is 88.9 cm³/mol. The van der Waals surface area contributed by atoms with Crippen LogP contribution in [0, 0.1) is 11.3 Å². The first-order chi connectivity index (χ1) is 10.8. The first kappa shape index (κ1) is 17.6. The zero-order valence-corrected chi connectivity index (χ0v) is 13.9. The summed E-state index contributed by atoms with van der Waals surface area (Å²) in [4.78, 5) is 23.2. The van der Waals surface area contributed by atoms with Crippen molar-refractivity contribution in [3.8, 4) is 0 Å². The SMILES string of the molecule is CC1(CCl)C(C(=O)O)=CC(Cc2ccc(Cl)cc2)=CC1C(=O)O. The fourth-order valence-corrected chi connectivity index (χ4v) is 3.15. The molecule has 0 saturated carbocycles. The van der Waals surface area contributed by atoms with E-state index in [-0.39, 0.29) is 11.5 Å². The smallest absolute Gasteiger partial charge is 0.332 e. The maximum Gasteiger partial charge on any atom is 0.332 e. The van der Waals surface area contributed by atoms with Crippen LogP contribution in [-0.4, -0.2) is 28.0 Å². The summed E-state index contributed by atoms with van der Waals surface area (Å²) in [6.45, 7) is 1.56. The number of hydrogen-bond donors (Lipinski definition) is 2. The quantitative estimate of drug-likeness (QED) is 0.789. The van der Waals surface area contributed by atoms with Gasteiger partial charge in [0.1, 0.15) is 0 Å². The number of halogens is 2. The third-order valence-electron chi connectivity index (χ3n) is 4.11. The van der Waals surface area contributed by atoms with Gasteiger partial charge in [-0.05, 0) is 35.8 Å². The van der Waals surface area contributed by atoms with Gasteiger partial charge in [0.25, 0.3) is 0 Å². The van der Waals surface area contributed by atoms with Crippen molar-refractivity contribution in [3.63, 3.8) is 0 Å². The molecule has 0 heterocycles. The van der Waals surface area contributed by atoms with Gasteiger partial charge in [0.2, 0.25) is 0 Å². The first-order valence-corrected chi connectivity index (χ1v) is 7.88. The van der Waals surface area contributed by atoms with Crippen LogP contribution < -0.4 is 0 Å². The lowest BCUT2D eigenvalue weighted by Crippen LogP contribution is -2.40. The van der Waals surface area contributed by atoms with Gasteiger partial charge < -0.3 is 10.2 Å². The van der Waals surface area contributed by atoms with Crippen LogP contribution in [0.3, 0.4) is 0 Å². The van der Waals surface area contributed by atoms with Gasteiger partial charge in [-0.2, -0.15) is 0 Å². The van der Waals surface area contributed by atoms with Gasteiger partial charge in [-0.1, -0.05) is 36.7 Å². The van der Waals surface area contributed by atoms with Gasteiger partial charge in [0.05, 0.1) is 5.92 Å². The van der Waals surface area contributed by atoms with Crippen molar-refractivity contribution in [2.24, 2.45) is 11.3 Å². The third-order valence-corrected chi connectivity index (χ3v) is 4.91. The van der Waals surface area contributed by atoms with Crippen LogP contribution in [0.5, 0.6) is 0 Å². The second kappa shape index (κ2) is 6.77. The minimum atomic E-state index is -1.15. The average molecular weight is 355 g/mol. The van der Waals surface area contributed by atoms with Crippen molar-refractivity contribution < 1.29 is 19.8 Å². The van der Waals surface area contributed by atoms with Crippen molar-refractivity contribution in [1.29, 1.82) is 0 Å². The topological polar surface area (TPSA) is 74.6 Å². The maximum atomic E-state index is 11.6. The lowest BCUT2D eigenvalue weighted by atomic mass is 9.68. The van der Waals surface area contributed by atoms with Gasteiger partial charge in [0, 0.05) is 21.9 Å². The highest BCUT2D eigenvalue weighted by molar-refractivity contribution is 6.30. The molecule has 1 aliphatic carbocycles. The van der Waals surface area contributed by atoms with Crippen LogP contribution in [0.25, 0.3) is 0 Å². The monoisotopic (exact) mass is 354 g/mol. The third kappa shape index (κ3) is 3.59. The van der Waals surface area contributed by atoms with Gasteiger partial charge in [-0.25, -0.2) is 4.79 Å². The Hall–Kier alpha value is -1.78. The molecule has 0 fully saturated rings. The number of allylic oxidation sites excluding steroid dienone is 2. The molecule has 0 aromatic heterocycles. The number of carbonyl (C=O) groups is 2. The summed E-state index contributed by atoms with van der Waals surface area (Å²) in [6.07, 6.45) is 3.54. The Morgan fingerprint density at radius 3 is 2.30 bits per heavy atom. The number of aliphatic carboxylic acids is 2. The summed E-state index contributed by atoms with van der Waals surface area (Å²) < 4.78 is 0. The molecule has 0 saturated heterocycles. The van der Waals surface area contributed by atoms with Gasteiger partial charge in [0.15, 0.2) is 0 Å². The minimum Gasteiger partial charge on any atom is -0.481 e. The molecule has 2 rings (SSSR count). The van der Waals surface area contributed by atoms with E-state index in [1.165, 1.54) is 6.08 Å². The van der Waals surface area contributed by atoms with E-state index in [4.69, 9.17) is 23.2 Å². The van der Waals surface area contributed by atoms with Crippen molar-refractivity contribution >= 4 is 35.1 Å². The average Bonchev–Trinajstić information content (AvgIpc) is 2.50. The number of benzene rings is 1. The molecular weight excluding hydrogens is 339 g/mol. The number of carboxylic acid groups (broad SMARTS) is 2. The van der Waals surface area contributed by atoms with Crippen LogP contribution >= 0.6 is 23.2 Å². The molecule has 2 N–H and O–H groups in total. The van der Waals surface area contributed by atoms with Crippen LogP contribution in [0.2, 0.25) is 5.02 Å². The van der Waals surface area contributed by atoms with Crippen molar-refractivity contribution in [2.45, 2.75) is 13.3 Å². The normalized spacial score (nSPS) is 23.9. The Morgan fingerprint density at radius 1 is 1.22 bits per heavy atom. The fourth-order valence-electron chi connectivity index (χ4n) is 2.72. The van der Waals surface area contributed by atoms with Crippen molar-refractivity contribution in [3.05, 3.63) is 58.1 Å². The second-order valence-electron chi connectivity index (χ2n) is 5.77. The standard InChI is InChI=1S/C17H16Cl2O4/c1-17(9-18)13(15(20)21)7-11(8-14(17)16(22)23)6-10-2-4-12(19)5-3-10/h2-5,7-8,13H,6,9H2,1H3,(H,20,21)(H,22,23). The lowest BCUT2D eigenvalue weighted by molar-refractivity contribution is -0.143. The number of alkyl halides is 1. The van der Waals surface area contributed by atoms with E-state index in [2.05, 4.69) is 0 Å². The molecule has 23 heavy (non-hydrogen) atoms. The molecule has 122 valence electrons. The molecule has 2 unspecified atom stereocenters. The minimum absolute atomic E-state index is 0.0198. The summed E-state index contributed by atoms with van der Waals surface area (Å²) in [5.74, 6) is -3.32. The molecular formula is C17H16Cl2O4. The zero-order chi connectivity index (χ0) is 17.2. The molecule has 6 heteroatoms. The number of hydrogen-bond acceptors (Lipinski definition) is 2. The largest absolute Gasteiger partial charge is 0.481 e. The molecule has 0 spiro atoms. The fraction of sp³-hybridized carbons (Fsp3) is 0.294. The highest BCUT2D eigenvalue weighted by Gasteiger charge is 2.45. The molecule has 0 aliphatic heterocycles. The van der Waals surface area contributed by atoms with Crippen LogP contribution in [-0.2, 0) is 16.0 Å². The Morgan fingerprint density at radius 2 is 1.83 bits per heavy atom. The Balaban J connectivity index is 2.43. The molecule has 1 aromatic rings. The summed E-state index contributed by atoms with van der Waals surface area (Å²) in [5.41, 5.74) is 0.425. The second-order valence-corrected chi connectivity index (χ2v) is 6.48. The maximum absolute atomic E-state index is 11.6. The highest BCUT2D eigenvalue weighted by Crippen LogP contribution is 2.42. The molecule has 1 aromatic carbocycles. The van der Waals surface area contributed by atoms with Gasteiger partial charge in [-0.15, -0.1) is 11.6 Å². The summed E-state index contributed by atoms with van der Waals surface area (Å²) in [6, 6.07) is 7.12. The van der Waals surface area contributed by atoms with Crippen LogP contribution in [0.1, 0.15) is 12.5 Å². The zero-order valence-electron chi connectivity index (χ0n) is 12.4. The van der Waals surface area contributed by atoms with Crippen LogP contribution in [0.4, 0.5) is 0 Å². The summed E-state index contributed by atoms with van der Waals surface area (Å²) in [7, 11) is 0. The molecule has 0 radical (unpaired) electrons. The molecule has 0 amide bonds. The molecule has 4 nitrogen and oxygen atoms in total. The Labute approximate surface area is 144 Å². The van der Waals surface area contributed by atoms with E-state index >= 15 is 0 Å². The van der Waals surface area contributed by atoms with Gasteiger partial charge >= 0.3 is 11.9 Å². The van der Waals surface area contributed by atoms with E-state index in [0.717, 1.165) is 5.56 Å². The van der Waals surface area contributed by atoms with E-state index in [0.29, 0.717) is 17.0 Å². The molecule has 1 aliphatic rings. The Kier molecular flexibility index (Phi) is 5.17. The van der Waals surface area contributed by atoms with Gasteiger partial charge in [-0.3, -0.25) is 4.79 Å². The van der Waals surface area contributed by atoms with Crippen molar-refractivity contribution in [1.82, 2.24) is 0 Å². The summed E-state index contributed by atoms with van der Waals surface area (Å²) in [5, 5.41) is 19.5. The van der Waals surface area contributed by atoms with E-state index in [1.54, 1.807) is 25.1 Å². The molecule has 2 atom stereocenters. The lowest BCUT2D eigenvalue weighted by Gasteiger charge is -2.36. The molecule has 0 bridgehead atoms. The van der Waals surface area contributed by atoms with E-state index in [9.17, 15) is 19.8 Å². The van der Waals surface area contributed by atoms with E-state index < -0.39 is 23.3 Å². The van der Waals surface area contributed by atoms with E-state index in [1.807, 2.05) is 12.1 Å². The number of carboxylic acids is 2. The highest BCUT2D eigenvalue weighted by atomic mass is 35.5. The summed E-state index contributed by atoms with van der Waals surface area (Å²) >= 11 is 11.8. The van der Waals surface area contributed by atoms with Crippen LogP contribution in [0.15, 0.2) is 47.6 Å².